The molecular weight excluding hydrogens is 212 g/mol. The highest BCUT2D eigenvalue weighted by molar-refractivity contribution is 5.41. The van der Waals surface area contributed by atoms with Crippen LogP contribution in [-0.2, 0) is 0 Å². The molecule has 4 heteroatoms. The largest absolute Gasteiger partial charge is 0.352 e. The number of nitrogens with one attached hydrogen (secondary N) is 1. The van der Waals surface area contributed by atoms with Crippen LogP contribution in [0, 0.1) is 13.8 Å². The Morgan fingerprint density at radius 1 is 1.41 bits per heavy atom. The molecule has 2 rings (SSSR count). The first-order chi connectivity index (χ1) is 8.20. The van der Waals surface area contributed by atoms with Crippen molar-refractivity contribution in [1.82, 2.24) is 15.3 Å². The average Bonchev–Trinajstić information content (AvgIpc) is 2.77. The van der Waals surface area contributed by atoms with Crippen LogP contribution in [0.15, 0.2) is 6.07 Å². The van der Waals surface area contributed by atoms with E-state index in [-0.39, 0.29) is 0 Å². The molecule has 1 aliphatic rings. The summed E-state index contributed by atoms with van der Waals surface area (Å²) in [5.74, 6) is 1.96. The zero-order chi connectivity index (χ0) is 12.3. The summed E-state index contributed by atoms with van der Waals surface area (Å²) in [5.41, 5.74) is 1.06. The zero-order valence-corrected chi connectivity index (χ0v) is 11.0. The number of hydrogen-bond acceptors (Lipinski definition) is 4. The Labute approximate surface area is 103 Å². The topological polar surface area (TPSA) is 41.1 Å². The number of aromatic nitrogens is 2. The second-order valence-corrected chi connectivity index (χ2v) is 4.75. The van der Waals surface area contributed by atoms with E-state index in [1.54, 1.807) is 0 Å². The van der Waals surface area contributed by atoms with Crippen LogP contribution in [0.3, 0.4) is 0 Å². The molecule has 1 N–H and O–H groups in total. The Morgan fingerprint density at radius 3 is 2.82 bits per heavy atom. The fourth-order valence-electron chi connectivity index (χ4n) is 2.48. The van der Waals surface area contributed by atoms with Gasteiger partial charge in [-0.3, -0.25) is 0 Å². The summed E-state index contributed by atoms with van der Waals surface area (Å²) in [7, 11) is 0. The molecule has 0 spiro atoms. The van der Waals surface area contributed by atoms with Crippen LogP contribution in [0.1, 0.15) is 31.3 Å². The van der Waals surface area contributed by atoms with Gasteiger partial charge in [0.1, 0.15) is 11.6 Å². The van der Waals surface area contributed by atoms with Gasteiger partial charge in [-0.25, -0.2) is 9.97 Å². The molecule has 1 saturated heterocycles. The second-order valence-electron chi connectivity index (χ2n) is 4.75. The second kappa shape index (κ2) is 5.45. The summed E-state index contributed by atoms with van der Waals surface area (Å²) in [5, 5.41) is 3.43. The number of rotatable bonds is 4. The molecule has 0 amide bonds. The minimum atomic E-state index is 0.587. The van der Waals surface area contributed by atoms with Crippen LogP contribution in [0.4, 0.5) is 5.82 Å². The first kappa shape index (κ1) is 12.3. The average molecular weight is 234 g/mol. The molecule has 1 aromatic rings. The minimum Gasteiger partial charge on any atom is -0.352 e. The molecule has 17 heavy (non-hydrogen) atoms. The zero-order valence-electron chi connectivity index (χ0n) is 11.0. The highest BCUT2D eigenvalue weighted by atomic mass is 15.2. The molecule has 1 fully saturated rings. The van der Waals surface area contributed by atoms with Gasteiger partial charge >= 0.3 is 0 Å². The van der Waals surface area contributed by atoms with Gasteiger partial charge in [-0.05, 0) is 33.2 Å². The van der Waals surface area contributed by atoms with Crippen LogP contribution in [0.2, 0.25) is 0 Å². The quantitative estimate of drug-likeness (QED) is 0.860. The van der Waals surface area contributed by atoms with Crippen LogP contribution in [0.5, 0.6) is 0 Å². The lowest BCUT2D eigenvalue weighted by atomic mass is 10.2. The van der Waals surface area contributed by atoms with E-state index in [1.165, 1.54) is 6.42 Å². The standard InChI is InChI=1S/C13H22N4/c1-4-7-17(12-5-6-14-9-12)13-8-10(2)15-11(3)16-13/h8,12,14H,4-7,9H2,1-3H3. The van der Waals surface area contributed by atoms with E-state index in [0.29, 0.717) is 6.04 Å². The molecule has 0 radical (unpaired) electrons. The Bertz CT molecular complexity index is 351. The lowest BCUT2D eigenvalue weighted by Gasteiger charge is -2.29. The van der Waals surface area contributed by atoms with E-state index in [9.17, 15) is 0 Å². The van der Waals surface area contributed by atoms with E-state index >= 15 is 0 Å². The summed E-state index contributed by atoms with van der Waals surface area (Å²) in [6, 6.07) is 2.68. The van der Waals surface area contributed by atoms with Gasteiger partial charge in [0.15, 0.2) is 0 Å². The van der Waals surface area contributed by atoms with Crippen LogP contribution >= 0.6 is 0 Å². The third kappa shape index (κ3) is 2.94. The van der Waals surface area contributed by atoms with Gasteiger partial charge in [0.25, 0.3) is 0 Å². The molecule has 1 unspecified atom stereocenters. The summed E-state index contributed by atoms with van der Waals surface area (Å²) in [4.78, 5) is 11.4. The summed E-state index contributed by atoms with van der Waals surface area (Å²) in [6.45, 7) is 9.48. The van der Waals surface area contributed by atoms with Crippen molar-refractivity contribution in [1.29, 1.82) is 0 Å². The van der Waals surface area contributed by atoms with E-state index in [1.807, 2.05) is 13.8 Å². The van der Waals surface area contributed by atoms with Gasteiger partial charge < -0.3 is 10.2 Å². The van der Waals surface area contributed by atoms with Crippen LogP contribution in [0.25, 0.3) is 0 Å². The molecule has 0 aliphatic carbocycles. The van der Waals surface area contributed by atoms with E-state index in [2.05, 4.69) is 33.2 Å². The molecule has 4 nitrogen and oxygen atoms in total. The molecule has 0 aromatic carbocycles. The smallest absolute Gasteiger partial charge is 0.132 e. The van der Waals surface area contributed by atoms with Gasteiger partial charge in [0.2, 0.25) is 0 Å². The van der Waals surface area contributed by atoms with Gasteiger partial charge in [-0.15, -0.1) is 0 Å². The van der Waals surface area contributed by atoms with Crippen molar-refractivity contribution in [3.8, 4) is 0 Å². The predicted octanol–water partition coefficient (Wildman–Crippen LogP) is 1.67. The maximum atomic E-state index is 4.58. The van der Waals surface area contributed by atoms with Gasteiger partial charge in [0, 0.05) is 30.9 Å². The summed E-state index contributed by atoms with van der Waals surface area (Å²) < 4.78 is 0. The molecular formula is C13H22N4. The van der Waals surface area contributed by atoms with Crippen molar-refractivity contribution in [2.75, 3.05) is 24.5 Å². The van der Waals surface area contributed by atoms with Crippen molar-refractivity contribution < 1.29 is 0 Å². The molecule has 1 atom stereocenters. The summed E-state index contributed by atoms with van der Waals surface area (Å²) in [6.07, 6.45) is 2.36. The maximum absolute atomic E-state index is 4.58. The minimum absolute atomic E-state index is 0.587. The Balaban J connectivity index is 2.24. The van der Waals surface area contributed by atoms with Gasteiger partial charge in [-0.2, -0.15) is 0 Å². The molecule has 0 bridgehead atoms. The van der Waals surface area contributed by atoms with E-state index < -0.39 is 0 Å². The van der Waals surface area contributed by atoms with Crippen molar-refractivity contribution in [2.24, 2.45) is 0 Å². The highest BCUT2D eigenvalue weighted by Gasteiger charge is 2.23. The number of aryl methyl sites for hydroxylation is 2. The maximum Gasteiger partial charge on any atom is 0.132 e. The third-order valence-corrected chi connectivity index (χ3v) is 3.19. The number of nitrogens with zero attached hydrogens (tertiary/aromatic N) is 3. The fourth-order valence-corrected chi connectivity index (χ4v) is 2.48. The number of anilines is 1. The highest BCUT2D eigenvalue weighted by Crippen LogP contribution is 2.19. The van der Waals surface area contributed by atoms with Gasteiger partial charge in [-0.1, -0.05) is 6.92 Å². The van der Waals surface area contributed by atoms with Gasteiger partial charge in [0.05, 0.1) is 0 Å². The van der Waals surface area contributed by atoms with Crippen molar-refractivity contribution in [3.05, 3.63) is 17.6 Å². The summed E-state index contributed by atoms with van der Waals surface area (Å²) >= 11 is 0. The predicted molar refractivity (Wildman–Crippen MR) is 70.4 cm³/mol. The molecule has 1 aliphatic heterocycles. The Morgan fingerprint density at radius 2 is 2.24 bits per heavy atom. The number of hydrogen-bond donors (Lipinski definition) is 1. The SMILES string of the molecule is CCCN(c1cc(C)nc(C)n1)C1CCNC1. The van der Waals surface area contributed by atoms with Crippen molar-refractivity contribution in [2.45, 2.75) is 39.7 Å². The van der Waals surface area contributed by atoms with E-state index in [4.69, 9.17) is 0 Å². The van der Waals surface area contributed by atoms with Crippen molar-refractivity contribution in [3.63, 3.8) is 0 Å². The fraction of sp³-hybridized carbons (Fsp3) is 0.692. The molecule has 0 saturated carbocycles. The molecule has 94 valence electrons. The normalized spacial score (nSPS) is 19.6. The molecule has 1 aromatic heterocycles. The molecule has 2 heterocycles. The van der Waals surface area contributed by atoms with E-state index in [0.717, 1.165) is 43.4 Å². The first-order valence-electron chi connectivity index (χ1n) is 6.50. The third-order valence-electron chi connectivity index (χ3n) is 3.19. The first-order valence-corrected chi connectivity index (χ1v) is 6.50. The lowest BCUT2D eigenvalue weighted by molar-refractivity contribution is 0.616. The van der Waals surface area contributed by atoms with Crippen LogP contribution < -0.4 is 10.2 Å². The lowest BCUT2D eigenvalue weighted by Crippen LogP contribution is -2.38. The van der Waals surface area contributed by atoms with Crippen LogP contribution in [-0.4, -0.2) is 35.6 Å². The Kier molecular flexibility index (Phi) is 3.94. The Hall–Kier alpha value is -1.16. The van der Waals surface area contributed by atoms with Crippen molar-refractivity contribution >= 4 is 5.82 Å². The monoisotopic (exact) mass is 234 g/mol.